The van der Waals surface area contributed by atoms with Gasteiger partial charge in [0.2, 0.25) is 0 Å². The standard InChI is InChI=1S/C11H9F3O3/c12-11(13,14)7-1-2-9-6(3-7)4-8(17-9)5-10(15)16/h1-3,8H,4-5H2,(H,15,16)/t8-/m1/s1. The van der Waals surface area contributed by atoms with E-state index in [1.807, 2.05) is 0 Å². The number of ether oxygens (including phenoxy) is 1. The molecule has 1 aliphatic rings. The molecule has 6 heteroatoms. The Morgan fingerprint density at radius 3 is 2.76 bits per heavy atom. The number of rotatable bonds is 2. The van der Waals surface area contributed by atoms with Crippen LogP contribution in [0.5, 0.6) is 5.75 Å². The highest BCUT2D eigenvalue weighted by molar-refractivity contribution is 5.67. The Balaban J connectivity index is 2.19. The van der Waals surface area contributed by atoms with Crippen molar-refractivity contribution in [1.29, 1.82) is 0 Å². The molecule has 1 aromatic carbocycles. The third-order valence-electron chi connectivity index (χ3n) is 2.53. The summed E-state index contributed by atoms with van der Waals surface area (Å²) in [5.74, 6) is -0.692. The second-order valence-electron chi connectivity index (χ2n) is 3.86. The molecule has 17 heavy (non-hydrogen) atoms. The molecule has 92 valence electrons. The van der Waals surface area contributed by atoms with Gasteiger partial charge in [-0.05, 0) is 23.8 Å². The lowest BCUT2D eigenvalue weighted by Crippen LogP contribution is -2.17. The summed E-state index contributed by atoms with van der Waals surface area (Å²) >= 11 is 0. The molecule has 0 bridgehead atoms. The zero-order chi connectivity index (χ0) is 12.6. The molecule has 0 spiro atoms. The van der Waals surface area contributed by atoms with E-state index in [-0.39, 0.29) is 12.8 Å². The number of alkyl halides is 3. The van der Waals surface area contributed by atoms with E-state index in [4.69, 9.17) is 9.84 Å². The summed E-state index contributed by atoms with van der Waals surface area (Å²) in [6.45, 7) is 0. The van der Waals surface area contributed by atoms with Crippen molar-refractivity contribution in [2.75, 3.05) is 0 Å². The molecule has 1 atom stereocenters. The molecule has 2 rings (SSSR count). The van der Waals surface area contributed by atoms with Crippen LogP contribution in [0.15, 0.2) is 18.2 Å². The van der Waals surface area contributed by atoms with Gasteiger partial charge < -0.3 is 9.84 Å². The predicted octanol–water partition coefficient (Wildman–Crippen LogP) is 2.48. The van der Waals surface area contributed by atoms with Crippen molar-refractivity contribution in [2.45, 2.75) is 25.1 Å². The number of fused-ring (bicyclic) bond motifs is 1. The van der Waals surface area contributed by atoms with Gasteiger partial charge >= 0.3 is 12.1 Å². The molecule has 1 aliphatic heterocycles. The van der Waals surface area contributed by atoms with E-state index in [0.717, 1.165) is 12.1 Å². The summed E-state index contributed by atoms with van der Waals surface area (Å²) in [6.07, 6.45) is -4.98. The van der Waals surface area contributed by atoms with Crippen LogP contribution in [0.25, 0.3) is 0 Å². The first kappa shape index (κ1) is 11.8. The minimum absolute atomic E-state index is 0.200. The van der Waals surface area contributed by atoms with Crippen molar-refractivity contribution in [3.05, 3.63) is 29.3 Å². The van der Waals surface area contributed by atoms with Gasteiger partial charge in [0, 0.05) is 6.42 Å². The van der Waals surface area contributed by atoms with Gasteiger partial charge in [0.15, 0.2) is 0 Å². The van der Waals surface area contributed by atoms with Crippen LogP contribution in [0.1, 0.15) is 17.5 Å². The van der Waals surface area contributed by atoms with Crippen LogP contribution in [-0.2, 0) is 17.4 Å². The number of benzene rings is 1. The van der Waals surface area contributed by atoms with Gasteiger partial charge in [-0.3, -0.25) is 4.79 Å². The van der Waals surface area contributed by atoms with E-state index in [9.17, 15) is 18.0 Å². The first-order valence-corrected chi connectivity index (χ1v) is 4.95. The molecule has 1 aromatic rings. The van der Waals surface area contributed by atoms with E-state index in [2.05, 4.69) is 0 Å². The average Bonchev–Trinajstić information content (AvgIpc) is 2.55. The number of aliphatic carboxylic acids is 1. The van der Waals surface area contributed by atoms with Crippen molar-refractivity contribution < 1.29 is 27.8 Å². The molecule has 3 nitrogen and oxygen atoms in total. The van der Waals surface area contributed by atoms with Crippen LogP contribution in [0.3, 0.4) is 0 Å². The summed E-state index contributed by atoms with van der Waals surface area (Å²) in [5, 5.41) is 8.58. The molecule has 0 saturated carbocycles. The highest BCUT2D eigenvalue weighted by Crippen LogP contribution is 2.36. The van der Waals surface area contributed by atoms with Gasteiger partial charge in [-0.25, -0.2) is 0 Å². The fourth-order valence-electron chi connectivity index (χ4n) is 1.81. The van der Waals surface area contributed by atoms with Crippen molar-refractivity contribution in [3.63, 3.8) is 0 Å². The summed E-state index contributed by atoms with van der Waals surface area (Å²) in [5.41, 5.74) is -0.332. The largest absolute Gasteiger partial charge is 0.489 e. The Morgan fingerprint density at radius 2 is 2.18 bits per heavy atom. The quantitative estimate of drug-likeness (QED) is 0.872. The maximum absolute atomic E-state index is 12.4. The molecule has 0 radical (unpaired) electrons. The third kappa shape index (κ3) is 2.51. The molecule has 0 aromatic heterocycles. The molecular formula is C11H9F3O3. The second-order valence-corrected chi connectivity index (χ2v) is 3.86. The number of hydrogen-bond donors (Lipinski definition) is 1. The van der Waals surface area contributed by atoms with Crippen molar-refractivity contribution >= 4 is 5.97 Å². The number of carboxylic acids is 1. The highest BCUT2D eigenvalue weighted by Gasteiger charge is 2.33. The predicted molar refractivity (Wildman–Crippen MR) is 51.8 cm³/mol. The smallest absolute Gasteiger partial charge is 0.416 e. The highest BCUT2D eigenvalue weighted by atomic mass is 19.4. The van der Waals surface area contributed by atoms with Gasteiger partial charge in [-0.2, -0.15) is 13.2 Å². The Hall–Kier alpha value is -1.72. The minimum atomic E-state index is -4.39. The van der Waals surface area contributed by atoms with E-state index in [0.29, 0.717) is 11.3 Å². The van der Waals surface area contributed by atoms with Gasteiger partial charge in [0.05, 0.1) is 12.0 Å². The van der Waals surface area contributed by atoms with E-state index < -0.39 is 23.8 Å². The minimum Gasteiger partial charge on any atom is -0.489 e. The van der Waals surface area contributed by atoms with E-state index in [1.165, 1.54) is 6.07 Å². The first-order chi connectivity index (χ1) is 7.86. The van der Waals surface area contributed by atoms with Crippen LogP contribution in [0.2, 0.25) is 0 Å². The SMILES string of the molecule is O=C(O)C[C@H]1Cc2cc(C(F)(F)F)ccc2O1. The average molecular weight is 246 g/mol. The number of carboxylic acid groups (broad SMARTS) is 1. The summed E-state index contributed by atoms with van der Waals surface area (Å²) < 4.78 is 42.5. The topological polar surface area (TPSA) is 46.5 Å². The van der Waals surface area contributed by atoms with Crippen molar-refractivity contribution in [2.24, 2.45) is 0 Å². The normalized spacial score (nSPS) is 18.6. The number of hydrogen-bond acceptors (Lipinski definition) is 2. The van der Waals surface area contributed by atoms with Gasteiger partial charge in [0.25, 0.3) is 0 Å². The lowest BCUT2D eigenvalue weighted by molar-refractivity contribution is -0.139. The van der Waals surface area contributed by atoms with Crippen LogP contribution in [0, 0.1) is 0 Å². The maximum atomic E-state index is 12.4. The van der Waals surface area contributed by atoms with Gasteiger partial charge in [0.1, 0.15) is 11.9 Å². The molecule has 0 saturated heterocycles. The van der Waals surface area contributed by atoms with Gasteiger partial charge in [-0.15, -0.1) is 0 Å². The zero-order valence-electron chi connectivity index (χ0n) is 8.62. The van der Waals surface area contributed by atoms with Crippen LogP contribution in [0.4, 0.5) is 13.2 Å². The fourth-order valence-corrected chi connectivity index (χ4v) is 1.81. The Kier molecular flexibility index (Phi) is 2.73. The number of halogens is 3. The Bertz CT molecular complexity index is 454. The van der Waals surface area contributed by atoms with Crippen molar-refractivity contribution in [3.8, 4) is 5.75 Å². The van der Waals surface area contributed by atoms with Crippen LogP contribution < -0.4 is 4.74 Å². The molecular weight excluding hydrogens is 237 g/mol. The maximum Gasteiger partial charge on any atom is 0.416 e. The van der Waals surface area contributed by atoms with E-state index in [1.54, 1.807) is 0 Å². The molecule has 1 heterocycles. The zero-order valence-corrected chi connectivity index (χ0v) is 8.62. The molecule has 0 fully saturated rings. The van der Waals surface area contributed by atoms with Crippen LogP contribution in [-0.4, -0.2) is 17.2 Å². The molecule has 1 N–H and O–H groups in total. The lowest BCUT2D eigenvalue weighted by Gasteiger charge is -2.08. The second kappa shape index (κ2) is 3.94. The first-order valence-electron chi connectivity index (χ1n) is 4.95. The number of carbonyl (C=O) groups is 1. The van der Waals surface area contributed by atoms with Crippen molar-refractivity contribution in [1.82, 2.24) is 0 Å². The third-order valence-corrected chi connectivity index (χ3v) is 2.53. The summed E-state index contributed by atoms with van der Waals surface area (Å²) in [6, 6.07) is 3.18. The monoisotopic (exact) mass is 246 g/mol. The summed E-state index contributed by atoms with van der Waals surface area (Å²) in [7, 11) is 0. The van der Waals surface area contributed by atoms with E-state index >= 15 is 0 Å². The Morgan fingerprint density at radius 1 is 1.47 bits per heavy atom. The lowest BCUT2D eigenvalue weighted by atomic mass is 10.1. The Labute approximate surface area is 94.8 Å². The van der Waals surface area contributed by atoms with Crippen LogP contribution >= 0.6 is 0 Å². The summed E-state index contributed by atoms with van der Waals surface area (Å²) in [4.78, 5) is 10.5. The molecule has 0 unspecified atom stereocenters. The fraction of sp³-hybridized carbons (Fsp3) is 0.364. The van der Waals surface area contributed by atoms with Gasteiger partial charge in [-0.1, -0.05) is 0 Å². The molecule has 0 aliphatic carbocycles. The molecule has 0 amide bonds.